The van der Waals surface area contributed by atoms with Crippen LogP contribution >= 0.6 is 0 Å². The molecule has 1 aromatic heterocycles. The molecule has 3 N–H and O–H groups in total. The van der Waals surface area contributed by atoms with Crippen LogP contribution in [0.25, 0.3) is 10.9 Å². The molecule has 6 heteroatoms. The van der Waals surface area contributed by atoms with Crippen molar-refractivity contribution in [1.29, 1.82) is 0 Å². The third kappa shape index (κ3) is 5.43. The molecule has 29 heavy (non-hydrogen) atoms. The van der Waals surface area contributed by atoms with E-state index in [1.807, 2.05) is 31.4 Å². The Labute approximate surface area is 172 Å². The number of H-pyrrole nitrogens is 1. The summed E-state index contributed by atoms with van der Waals surface area (Å²) in [5.41, 5.74) is 3.46. The van der Waals surface area contributed by atoms with Gasteiger partial charge in [-0.3, -0.25) is 0 Å². The first kappa shape index (κ1) is 21.0. The molecule has 0 amide bonds. The molecule has 2 heterocycles. The highest BCUT2D eigenvalue weighted by atomic mass is 16.7. The summed E-state index contributed by atoms with van der Waals surface area (Å²) in [5, 5.41) is 13.9. The molecule has 156 valence electrons. The SMILES string of the molecule is CN(C)CCc1c[nH]c2cccc(O)c12.CNC(C)Cc1ccc2c(c1)OCO2. The zero-order valence-electron chi connectivity index (χ0n) is 17.7. The quantitative estimate of drug-likeness (QED) is 0.594. The van der Waals surface area contributed by atoms with Gasteiger partial charge in [-0.05, 0) is 76.3 Å². The number of aromatic hydroxyl groups is 1. The summed E-state index contributed by atoms with van der Waals surface area (Å²) in [7, 11) is 6.07. The van der Waals surface area contributed by atoms with E-state index in [1.54, 1.807) is 6.07 Å². The summed E-state index contributed by atoms with van der Waals surface area (Å²) < 4.78 is 10.6. The first-order valence-electron chi connectivity index (χ1n) is 9.96. The van der Waals surface area contributed by atoms with Gasteiger partial charge in [0.05, 0.1) is 0 Å². The number of nitrogens with zero attached hydrogens (tertiary/aromatic N) is 1. The van der Waals surface area contributed by atoms with Crippen molar-refractivity contribution in [3.63, 3.8) is 0 Å². The Kier molecular flexibility index (Phi) is 7.01. The summed E-state index contributed by atoms with van der Waals surface area (Å²) in [6, 6.07) is 12.2. The first-order chi connectivity index (χ1) is 14.0. The maximum Gasteiger partial charge on any atom is 0.231 e. The Hall–Kier alpha value is -2.70. The summed E-state index contributed by atoms with van der Waals surface area (Å²) in [5.74, 6) is 2.08. The molecule has 1 aliphatic rings. The van der Waals surface area contributed by atoms with Gasteiger partial charge in [-0.25, -0.2) is 0 Å². The van der Waals surface area contributed by atoms with Crippen LogP contribution in [0.2, 0.25) is 0 Å². The number of rotatable bonds is 6. The zero-order valence-corrected chi connectivity index (χ0v) is 17.7. The van der Waals surface area contributed by atoms with E-state index in [0.29, 0.717) is 18.6 Å². The second kappa shape index (κ2) is 9.67. The lowest BCUT2D eigenvalue weighted by Gasteiger charge is -2.09. The van der Waals surface area contributed by atoms with Crippen molar-refractivity contribution in [3.8, 4) is 17.2 Å². The van der Waals surface area contributed by atoms with Crippen LogP contribution in [0.1, 0.15) is 18.1 Å². The Morgan fingerprint density at radius 2 is 1.97 bits per heavy atom. The van der Waals surface area contributed by atoms with E-state index >= 15 is 0 Å². The van der Waals surface area contributed by atoms with E-state index in [2.05, 4.69) is 48.4 Å². The number of benzene rings is 2. The van der Waals surface area contributed by atoms with Crippen LogP contribution in [0, 0.1) is 0 Å². The second-order valence-electron chi connectivity index (χ2n) is 7.65. The van der Waals surface area contributed by atoms with E-state index < -0.39 is 0 Å². The van der Waals surface area contributed by atoms with Crippen LogP contribution in [-0.2, 0) is 12.8 Å². The van der Waals surface area contributed by atoms with Crippen molar-refractivity contribution >= 4 is 10.9 Å². The topological polar surface area (TPSA) is 69.8 Å². The molecular weight excluding hydrogens is 366 g/mol. The Balaban J connectivity index is 0.000000166. The van der Waals surface area contributed by atoms with Gasteiger partial charge >= 0.3 is 0 Å². The van der Waals surface area contributed by atoms with Gasteiger partial charge in [-0.1, -0.05) is 12.1 Å². The minimum Gasteiger partial charge on any atom is -0.507 e. The van der Waals surface area contributed by atoms with Crippen LogP contribution in [0.4, 0.5) is 0 Å². The smallest absolute Gasteiger partial charge is 0.231 e. The lowest BCUT2D eigenvalue weighted by molar-refractivity contribution is 0.174. The van der Waals surface area contributed by atoms with E-state index in [1.165, 1.54) is 11.1 Å². The summed E-state index contributed by atoms with van der Waals surface area (Å²) in [4.78, 5) is 5.31. The van der Waals surface area contributed by atoms with Gasteiger partial charge in [-0.15, -0.1) is 0 Å². The molecule has 6 nitrogen and oxygen atoms in total. The maximum absolute atomic E-state index is 9.77. The van der Waals surface area contributed by atoms with Crippen LogP contribution in [-0.4, -0.2) is 55.5 Å². The number of hydrogen-bond acceptors (Lipinski definition) is 5. The molecule has 0 aliphatic carbocycles. The number of ether oxygens (including phenoxy) is 2. The molecule has 4 rings (SSSR count). The highest BCUT2D eigenvalue weighted by Gasteiger charge is 2.13. The number of phenolic OH excluding ortho intramolecular Hbond substituents is 1. The average Bonchev–Trinajstić information content (AvgIpc) is 3.33. The van der Waals surface area contributed by atoms with Gasteiger partial charge < -0.3 is 29.8 Å². The van der Waals surface area contributed by atoms with Gasteiger partial charge in [0.25, 0.3) is 0 Å². The molecule has 1 aliphatic heterocycles. The highest BCUT2D eigenvalue weighted by Crippen LogP contribution is 2.32. The number of hydrogen-bond donors (Lipinski definition) is 3. The summed E-state index contributed by atoms with van der Waals surface area (Å²) >= 11 is 0. The Morgan fingerprint density at radius 3 is 2.72 bits per heavy atom. The van der Waals surface area contributed by atoms with Gasteiger partial charge in [0, 0.05) is 29.7 Å². The van der Waals surface area contributed by atoms with Crippen LogP contribution in [0.5, 0.6) is 17.2 Å². The molecule has 1 unspecified atom stereocenters. The number of aromatic amines is 1. The van der Waals surface area contributed by atoms with Crippen molar-refractivity contribution in [2.75, 3.05) is 34.5 Å². The first-order valence-corrected chi connectivity index (χ1v) is 9.96. The number of fused-ring (bicyclic) bond motifs is 2. The van der Waals surface area contributed by atoms with Crippen LogP contribution < -0.4 is 14.8 Å². The largest absolute Gasteiger partial charge is 0.507 e. The second-order valence-corrected chi connectivity index (χ2v) is 7.65. The minimum atomic E-state index is 0.348. The van der Waals surface area contributed by atoms with Gasteiger partial charge in [0.1, 0.15) is 5.75 Å². The maximum atomic E-state index is 9.77. The fourth-order valence-corrected chi connectivity index (χ4v) is 3.30. The molecule has 0 saturated carbocycles. The number of aromatic nitrogens is 1. The Bertz CT molecular complexity index is 936. The molecule has 0 bridgehead atoms. The van der Waals surface area contributed by atoms with Crippen molar-refractivity contribution in [1.82, 2.24) is 15.2 Å². The van der Waals surface area contributed by atoms with E-state index in [0.717, 1.165) is 41.8 Å². The molecule has 0 saturated heterocycles. The average molecular weight is 398 g/mol. The molecule has 1 atom stereocenters. The standard InChI is InChI=1S/C12H16N2O.C11H15NO2/c1-14(2)7-6-9-8-13-10-4-3-5-11(15)12(9)10;1-8(12-2)5-9-3-4-10-11(6-9)14-7-13-10/h3-5,8,13,15H,6-7H2,1-2H3;3-4,6,8,12H,5,7H2,1-2H3. The van der Waals surface area contributed by atoms with Crippen molar-refractivity contribution in [2.45, 2.75) is 25.8 Å². The third-order valence-electron chi connectivity index (χ3n) is 5.07. The number of phenols is 1. The Morgan fingerprint density at radius 1 is 1.17 bits per heavy atom. The van der Waals surface area contributed by atoms with E-state index in [-0.39, 0.29) is 0 Å². The van der Waals surface area contributed by atoms with Crippen LogP contribution in [0.3, 0.4) is 0 Å². The lowest BCUT2D eigenvalue weighted by atomic mass is 10.1. The predicted octanol–water partition coefficient (Wildman–Crippen LogP) is 3.54. The fraction of sp³-hybridized carbons (Fsp3) is 0.391. The zero-order chi connectivity index (χ0) is 20.8. The molecular formula is C23H31N3O3. The van der Waals surface area contributed by atoms with Gasteiger partial charge in [0.2, 0.25) is 6.79 Å². The van der Waals surface area contributed by atoms with Crippen molar-refractivity contribution in [2.24, 2.45) is 0 Å². The normalized spacial score (nSPS) is 13.4. The third-order valence-corrected chi connectivity index (χ3v) is 5.07. The molecule has 0 spiro atoms. The number of nitrogens with one attached hydrogen (secondary N) is 2. The predicted molar refractivity (Wildman–Crippen MR) is 117 cm³/mol. The van der Waals surface area contributed by atoms with Crippen molar-refractivity contribution < 1.29 is 14.6 Å². The summed E-state index contributed by atoms with van der Waals surface area (Å²) in [6.07, 6.45) is 3.94. The van der Waals surface area contributed by atoms with Crippen LogP contribution in [0.15, 0.2) is 42.6 Å². The van der Waals surface area contributed by atoms with Crippen molar-refractivity contribution in [3.05, 3.63) is 53.7 Å². The summed E-state index contributed by atoms with van der Waals surface area (Å²) in [6.45, 7) is 3.49. The molecule has 3 aromatic rings. The molecule has 0 fully saturated rings. The van der Waals surface area contributed by atoms with Gasteiger partial charge in [0.15, 0.2) is 11.5 Å². The fourth-order valence-electron chi connectivity index (χ4n) is 3.30. The lowest BCUT2D eigenvalue weighted by Crippen LogP contribution is -2.23. The monoisotopic (exact) mass is 397 g/mol. The van der Waals surface area contributed by atoms with E-state index in [4.69, 9.17) is 9.47 Å². The number of likely N-dealkylation sites (N-methyl/N-ethyl adjacent to an activating group) is 2. The minimum absolute atomic E-state index is 0.348. The highest BCUT2D eigenvalue weighted by molar-refractivity contribution is 5.88. The van der Waals surface area contributed by atoms with Gasteiger partial charge in [-0.2, -0.15) is 0 Å². The molecule has 2 aromatic carbocycles. The van der Waals surface area contributed by atoms with E-state index in [9.17, 15) is 5.11 Å². The molecule has 0 radical (unpaired) electrons.